The molecule has 0 aliphatic rings. The van der Waals surface area contributed by atoms with Crippen molar-refractivity contribution in [3.63, 3.8) is 0 Å². The van der Waals surface area contributed by atoms with E-state index in [0.717, 1.165) is 6.07 Å². The second-order valence-corrected chi connectivity index (χ2v) is 4.18. The molecule has 0 atom stereocenters. The highest BCUT2D eigenvalue weighted by Gasteiger charge is 2.21. The van der Waals surface area contributed by atoms with Crippen LogP contribution in [-0.2, 0) is 0 Å². The van der Waals surface area contributed by atoms with Gasteiger partial charge in [0, 0.05) is 0 Å². The van der Waals surface area contributed by atoms with E-state index in [4.69, 9.17) is 0 Å². The highest BCUT2D eigenvalue weighted by atomic mass is 16.4. The Labute approximate surface area is 122 Å². The Morgan fingerprint density at radius 2 is 1.27 bits per heavy atom. The van der Waals surface area contributed by atoms with Gasteiger partial charge in [0.25, 0.3) is 0 Å². The molecule has 3 aromatic rings. The fourth-order valence-corrected chi connectivity index (χ4v) is 1.96. The van der Waals surface area contributed by atoms with Crippen molar-refractivity contribution in [1.82, 2.24) is 29.5 Å². The van der Waals surface area contributed by atoms with Crippen LogP contribution in [0.3, 0.4) is 0 Å². The van der Waals surface area contributed by atoms with E-state index in [1.807, 2.05) is 0 Å². The van der Waals surface area contributed by atoms with E-state index in [2.05, 4.69) is 20.2 Å². The maximum Gasteiger partial charge on any atom is 0.337 e. The first-order valence-corrected chi connectivity index (χ1v) is 5.92. The van der Waals surface area contributed by atoms with Gasteiger partial charge in [-0.1, -0.05) is 0 Å². The van der Waals surface area contributed by atoms with Crippen LogP contribution in [0, 0.1) is 0 Å². The summed E-state index contributed by atoms with van der Waals surface area (Å²) >= 11 is 0. The van der Waals surface area contributed by atoms with E-state index in [0.29, 0.717) is 0 Å². The van der Waals surface area contributed by atoms with Crippen molar-refractivity contribution in [1.29, 1.82) is 0 Å². The maximum atomic E-state index is 11.4. The summed E-state index contributed by atoms with van der Waals surface area (Å²) in [6.07, 6.45) is 5.11. The van der Waals surface area contributed by atoms with Gasteiger partial charge < -0.3 is 10.2 Å². The number of carboxylic acid groups (broad SMARTS) is 2. The molecule has 0 amide bonds. The number of nitrogens with zero attached hydrogens (tertiary/aromatic N) is 6. The van der Waals surface area contributed by atoms with Gasteiger partial charge >= 0.3 is 11.9 Å². The Kier molecular flexibility index (Phi) is 3.10. The smallest absolute Gasteiger partial charge is 0.337 e. The number of aromatic nitrogens is 6. The number of hydrogen-bond donors (Lipinski definition) is 2. The lowest BCUT2D eigenvalue weighted by Gasteiger charge is -2.11. The van der Waals surface area contributed by atoms with Crippen LogP contribution in [0.5, 0.6) is 0 Å². The Balaban J connectivity index is 2.32. The van der Waals surface area contributed by atoms with Gasteiger partial charge in [0.1, 0.15) is 25.3 Å². The van der Waals surface area contributed by atoms with Crippen LogP contribution >= 0.6 is 0 Å². The Bertz CT molecular complexity index is 773. The molecule has 2 aromatic heterocycles. The summed E-state index contributed by atoms with van der Waals surface area (Å²) in [6, 6.07) is 2.41. The van der Waals surface area contributed by atoms with Crippen LogP contribution < -0.4 is 0 Å². The summed E-state index contributed by atoms with van der Waals surface area (Å²) in [5, 5.41) is 26.4. The number of carbonyl (C=O) groups is 2. The number of carboxylic acids is 2. The third kappa shape index (κ3) is 2.18. The lowest BCUT2D eigenvalue weighted by molar-refractivity contribution is 0.0695. The summed E-state index contributed by atoms with van der Waals surface area (Å²) in [4.78, 5) is 30.3. The maximum absolute atomic E-state index is 11.4. The summed E-state index contributed by atoms with van der Waals surface area (Å²) in [7, 11) is 0. The van der Waals surface area contributed by atoms with Crippen molar-refractivity contribution in [2.24, 2.45) is 0 Å². The molecule has 10 heteroatoms. The van der Waals surface area contributed by atoms with Crippen LogP contribution in [0.1, 0.15) is 20.7 Å². The molecule has 0 unspecified atom stereocenters. The summed E-state index contributed by atoms with van der Waals surface area (Å²) in [5.41, 5.74) is -0.0977. The molecule has 0 bridgehead atoms. The molecule has 0 saturated carbocycles. The molecule has 2 N–H and O–H groups in total. The van der Waals surface area contributed by atoms with Gasteiger partial charge in [-0.15, -0.1) is 0 Å². The van der Waals surface area contributed by atoms with E-state index >= 15 is 0 Å². The monoisotopic (exact) mass is 300 g/mol. The minimum Gasteiger partial charge on any atom is -0.478 e. The first-order valence-electron chi connectivity index (χ1n) is 5.92. The van der Waals surface area contributed by atoms with Crippen LogP contribution in [0.2, 0.25) is 0 Å². The average Bonchev–Trinajstić information content (AvgIpc) is 3.19. The van der Waals surface area contributed by atoms with Gasteiger partial charge in [-0.2, -0.15) is 10.2 Å². The molecule has 0 aliphatic carbocycles. The molecule has 10 nitrogen and oxygen atoms in total. The number of hydrogen-bond acceptors (Lipinski definition) is 6. The van der Waals surface area contributed by atoms with Crippen LogP contribution in [0.25, 0.3) is 11.4 Å². The molecule has 0 radical (unpaired) electrons. The Hall–Kier alpha value is -3.56. The molecule has 0 aliphatic heterocycles. The molecule has 0 fully saturated rings. The van der Waals surface area contributed by atoms with Gasteiger partial charge in [-0.3, -0.25) is 0 Å². The van der Waals surface area contributed by atoms with E-state index in [1.165, 1.54) is 40.7 Å². The standard InChI is InChI=1S/C12H8N6O4/c19-11(20)7-1-8(12(21)22)10(18-6-14-4-16-18)2-9(7)17-5-13-3-15-17/h1-6H,(H,19,20)(H,21,22). The average molecular weight is 300 g/mol. The summed E-state index contributed by atoms with van der Waals surface area (Å²) in [6.45, 7) is 0. The zero-order chi connectivity index (χ0) is 15.7. The van der Waals surface area contributed by atoms with E-state index in [1.54, 1.807) is 0 Å². The van der Waals surface area contributed by atoms with Gasteiger partial charge in [0.05, 0.1) is 22.5 Å². The molecule has 0 saturated heterocycles. The molecule has 110 valence electrons. The Morgan fingerprint density at radius 1 is 0.818 bits per heavy atom. The highest BCUT2D eigenvalue weighted by molar-refractivity contribution is 5.99. The first kappa shape index (κ1) is 13.4. The third-order valence-corrected chi connectivity index (χ3v) is 2.91. The predicted octanol–water partition coefficient (Wildman–Crippen LogP) is 0.244. The fraction of sp³-hybridized carbons (Fsp3) is 0. The van der Waals surface area contributed by atoms with Gasteiger partial charge in [-0.25, -0.2) is 28.9 Å². The molecule has 0 spiro atoms. The van der Waals surface area contributed by atoms with Gasteiger partial charge in [0.2, 0.25) is 0 Å². The minimum atomic E-state index is -1.28. The van der Waals surface area contributed by atoms with E-state index in [-0.39, 0.29) is 22.5 Å². The number of rotatable bonds is 4. The van der Waals surface area contributed by atoms with Crippen molar-refractivity contribution in [3.8, 4) is 11.4 Å². The highest BCUT2D eigenvalue weighted by Crippen LogP contribution is 2.23. The van der Waals surface area contributed by atoms with Crippen LogP contribution in [0.15, 0.2) is 37.4 Å². The lowest BCUT2D eigenvalue weighted by atomic mass is 10.1. The van der Waals surface area contributed by atoms with Crippen molar-refractivity contribution < 1.29 is 19.8 Å². The molecular formula is C12H8N6O4. The van der Waals surface area contributed by atoms with Gasteiger partial charge in [-0.05, 0) is 12.1 Å². The molecule has 22 heavy (non-hydrogen) atoms. The Morgan fingerprint density at radius 3 is 1.59 bits per heavy atom. The van der Waals surface area contributed by atoms with Crippen molar-refractivity contribution >= 4 is 11.9 Å². The minimum absolute atomic E-state index is 0.167. The number of aromatic carboxylic acids is 2. The predicted molar refractivity (Wildman–Crippen MR) is 70.2 cm³/mol. The topological polar surface area (TPSA) is 136 Å². The quantitative estimate of drug-likeness (QED) is 0.699. The molecule has 3 rings (SSSR count). The van der Waals surface area contributed by atoms with Crippen LogP contribution in [-0.4, -0.2) is 51.7 Å². The zero-order valence-electron chi connectivity index (χ0n) is 10.9. The summed E-state index contributed by atoms with van der Waals surface area (Å²) in [5.74, 6) is -2.56. The lowest BCUT2D eigenvalue weighted by Crippen LogP contribution is -2.13. The van der Waals surface area contributed by atoms with Crippen molar-refractivity contribution in [3.05, 3.63) is 48.6 Å². The first-order chi connectivity index (χ1) is 10.6. The molecule has 2 heterocycles. The largest absolute Gasteiger partial charge is 0.478 e. The molecule has 1 aromatic carbocycles. The van der Waals surface area contributed by atoms with E-state index < -0.39 is 11.9 Å². The SMILES string of the molecule is O=C(O)c1cc(C(=O)O)c(-n2cncn2)cc1-n1cncn1. The second-order valence-electron chi connectivity index (χ2n) is 4.18. The second kappa shape index (κ2) is 5.09. The van der Waals surface area contributed by atoms with Crippen LogP contribution in [0.4, 0.5) is 0 Å². The van der Waals surface area contributed by atoms with E-state index in [9.17, 15) is 19.8 Å². The van der Waals surface area contributed by atoms with Crippen molar-refractivity contribution in [2.45, 2.75) is 0 Å². The third-order valence-electron chi connectivity index (χ3n) is 2.91. The zero-order valence-corrected chi connectivity index (χ0v) is 10.9. The molecular weight excluding hydrogens is 292 g/mol. The normalized spacial score (nSPS) is 10.5. The summed E-state index contributed by atoms with van der Waals surface area (Å²) < 4.78 is 2.46. The fourth-order valence-electron chi connectivity index (χ4n) is 1.96. The van der Waals surface area contributed by atoms with Gasteiger partial charge in [0.15, 0.2) is 0 Å². The van der Waals surface area contributed by atoms with Crippen molar-refractivity contribution in [2.75, 3.05) is 0 Å². The number of benzene rings is 1.